The maximum atomic E-state index is 10.7. The summed E-state index contributed by atoms with van der Waals surface area (Å²) < 4.78 is 5.43. The Bertz CT molecular complexity index is 418. The van der Waals surface area contributed by atoms with Gasteiger partial charge in [0.2, 0.25) is 0 Å². The summed E-state index contributed by atoms with van der Waals surface area (Å²) in [6.45, 7) is 5.73. The van der Waals surface area contributed by atoms with Crippen molar-refractivity contribution >= 4 is 18.3 Å². The number of nitro benzene ring substituents is 1. The van der Waals surface area contributed by atoms with Crippen molar-refractivity contribution in [1.82, 2.24) is 0 Å². The molecule has 86 valence electrons. The molecule has 0 bridgehead atoms. The summed E-state index contributed by atoms with van der Waals surface area (Å²) in [6, 6.07) is 4.76. The lowest BCUT2D eigenvalue weighted by molar-refractivity contribution is -0.385. The highest BCUT2D eigenvalue weighted by Gasteiger charge is 2.13. The van der Waals surface area contributed by atoms with Crippen LogP contribution in [0.25, 0.3) is 0 Å². The molecule has 0 saturated carbocycles. The second-order valence-corrected chi connectivity index (χ2v) is 3.67. The zero-order chi connectivity index (χ0) is 12.1. The second-order valence-electron chi connectivity index (χ2n) is 3.35. The number of nitro groups is 1. The van der Waals surface area contributed by atoms with Crippen molar-refractivity contribution in [3.8, 4) is 5.75 Å². The van der Waals surface area contributed by atoms with Crippen molar-refractivity contribution < 1.29 is 9.66 Å². The highest BCUT2D eigenvalue weighted by molar-refractivity contribution is 7.80. The Morgan fingerprint density at radius 2 is 2.31 bits per heavy atom. The van der Waals surface area contributed by atoms with Crippen LogP contribution in [0.1, 0.15) is 5.56 Å². The molecule has 0 N–H and O–H groups in total. The number of benzene rings is 1. The Hall–Kier alpha value is -1.49. The molecule has 0 aliphatic carbocycles. The zero-order valence-electron chi connectivity index (χ0n) is 8.97. The third kappa shape index (κ3) is 3.00. The second kappa shape index (κ2) is 5.55. The number of nitrogens with zero attached hydrogens (tertiary/aromatic N) is 1. The molecular formula is C11H13NO3S. The maximum absolute atomic E-state index is 10.7. The van der Waals surface area contributed by atoms with Crippen LogP contribution in [0.15, 0.2) is 30.4 Å². The number of thiol groups is 1. The van der Waals surface area contributed by atoms with E-state index in [4.69, 9.17) is 4.74 Å². The fraction of sp³-hybridized carbons (Fsp3) is 0.273. The largest absolute Gasteiger partial charge is 0.489 e. The molecule has 0 aliphatic heterocycles. The molecule has 1 rings (SSSR count). The van der Waals surface area contributed by atoms with E-state index in [2.05, 4.69) is 19.2 Å². The standard InChI is InChI=1S/C11H13NO3S/c1-8(7-16)6-15-11-5-3-4-10(9(11)2)12(13)14/h3-5,16H,1,6-7H2,2H3. The Morgan fingerprint density at radius 1 is 1.62 bits per heavy atom. The Balaban J connectivity index is 2.85. The summed E-state index contributed by atoms with van der Waals surface area (Å²) in [7, 11) is 0. The topological polar surface area (TPSA) is 52.4 Å². The highest BCUT2D eigenvalue weighted by atomic mass is 32.1. The molecule has 0 heterocycles. The van der Waals surface area contributed by atoms with Gasteiger partial charge in [-0.3, -0.25) is 10.1 Å². The Morgan fingerprint density at radius 3 is 2.88 bits per heavy atom. The number of ether oxygens (including phenoxy) is 1. The van der Waals surface area contributed by atoms with Crippen LogP contribution in [0.2, 0.25) is 0 Å². The van der Waals surface area contributed by atoms with E-state index in [-0.39, 0.29) is 5.69 Å². The molecule has 4 nitrogen and oxygen atoms in total. The molecule has 0 amide bonds. The first kappa shape index (κ1) is 12.6. The van der Waals surface area contributed by atoms with Gasteiger partial charge in [0.1, 0.15) is 12.4 Å². The van der Waals surface area contributed by atoms with Crippen LogP contribution in [-0.2, 0) is 0 Å². The zero-order valence-corrected chi connectivity index (χ0v) is 9.87. The predicted octanol–water partition coefficient (Wildman–Crippen LogP) is 2.77. The van der Waals surface area contributed by atoms with E-state index >= 15 is 0 Å². The van der Waals surface area contributed by atoms with E-state index in [9.17, 15) is 10.1 Å². The fourth-order valence-electron chi connectivity index (χ4n) is 1.18. The van der Waals surface area contributed by atoms with Crippen molar-refractivity contribution in [2.24, 2.45) is 0 Å². The summed E-state index contributed by atoms with van der Waals surface area (Å²) in [6.07, 6.45) is 0. The third-order valence-electron chi connectivity index (χ3n) is 2.11. The van der Waals surface area contributed by atoms with Crippen molar-refractivity contribution in [2.75, 3.05) is 12.4 Å². The average Bonchev–Trinajstić information content (AvgIpc) is 2.26. The summed E-state index contributed by atoms with van der Waals surface area (Å²) in [5.74, 6) is 1.05. The molecule has 5 heteroatoms. The van der Waals surface area contributed by atoms with Crippen LogP contribution in [-0.4, -0.2) is 17.3 Å². The normalized spacial score (nSPS) is 9.88. The van der Waals surface area contributed by atoms with E-state index in [0.29, 0.717) is 23.7 Å². The molecule has 0 fully saturated rings. The van der Waals surface area contributed by atoms with Gasteiger partial charge in [0.15, 0.2) is 0 Å². The van der Waals surface area contributed by atoms with Crippen molar-refractivity contribution in [1.29, 1.82) is 0 Å². The lowest BCUT2D eigenvalue weighted by Crippen LogP contribution is -2.03. The van der Waals surface area contributed by atoms with Gasteiger partial charge in [-0.15, -0.1) is 0 Å². The van der Waals surface area contributed by atoms with Gasteiger partial charge in [0.05, 0.1) is 10.5 Å². The van der Waals surface area contributed by atoms with Crippen LogP contribution < -0.4 is 4.74 Å². The van der Waals surface area contributed by atoms with Crippen LogP contribution >= 0.6 is 12.6 Å². The first-order valence-electron chi connectivity index (χ1n) is 4.70. The monoisotopic (exact) mass is 239 g/mol. The van der Waals surface area contributed by atoms with Gasteiger partial charge >= 0.3 is 0 Å². The van der Waals surface area contributed by atoms with E-state index in [0.717, 1.165) is 5.57 Å². The van der Waals surface area contributed by atoms with Gasteiger partial charge in [0, 0.05) is 11.8 Å². The average molecular weight is 239 g/mol. The van der Waals surface area contributed by atoms with E-state index < -0.39 is 4.92 Å². The lowest BCUT2D eigenvalue weighted by Gasteiger charge is -2.09. The Labute approximate surface area is 99.5 Å². The molecule has 0 atom stereocenters. The minimum absolute atomic E-state index is 0.0639. The summed E-state index contributed by atoms with van der Waals surface area (Å²) in [4.78, 5) is 10.3. The van der Waals surface area contributed by atoms with Gasteiger partial charge in [-0.05, 0) is 18.6 Å². The van der Waals surface area contributed by atoms with E-state index in [1.54, 1.807) is 19.1 Å². The summed E-state index contributed by atoms with van der Waals surface area (Å²) in [5, 5.41) is 10.7. The van der Waals surface area contributed by atoms with E-state index in [1.807, 2.05) is 0 Å². The number of rotatable bonds is 5. The molecule has 1 aromatic carbocycles. The first-order chi connectivity index (χ1) is 7.56. The fourth-order valence-corrected chi connectivity index (χ4v) is 1.27. The highest BCUT2D eigenvalue weighted by Crippen LogP contribution is 2.27. The molecule has 0 aromatic heterocycles. The van der Waals surface area contributed by atoms with Crippen LogP contribution in [0.5, 0.6) is 5.75 Å². The SMILES string of the molecule is C=C(CS)COc1cccc([N+](=O)[O-])c1C. The van der Waals surface area contributed by atoms with Gasteiger partial charge in [0.25, 0.3) is 5.69 Å². The molecule has 1 aromatic rings. The minimum Gasteiger partial charge on any atom is -0.489 e. The minimum atomic E-state index is -0.421. The van der Waals surface area contributed by atoms with Crippen LogP contribution in [0.4, 0.5) is 5.69 Å². The molecule has 0 aliphatic rings. The third-order valence-corrected chi connectivity index (χ3v) is 2.55. The van der Waals surface area contributed by atoms with Crippen molar-refractivity contribution in [2.45, 2.75) is 6.92 Å². The van der Waals surface area contributed by atoms with Crippen LogP contribution in [0.3, 0.4) is 0 Å². The van der Waals surface area contributed by atoms with E-state index in [1.165, 1.54) is 6.07 Å². The molecule has 0 saturated heterocycles. The first-order valence-corrected chi connectivity index (χ1v) is 5.33. The van der Waals surface area contributed by atoms with Crippen LogP contribution in [0, 0.1) is 17.0 Å². The molecule has 16 heavy (non-hydrogen) atoms. The molecule has 0 unspecified atom stereocenters. The number of hydrogen-bond donors (Lipinski definition) is 1. The summed E-state index contributed by atoms with van der Waals surface area (Å²) >= 11 is 4.05. The maximum Gasteiger partial charge on any atom is 0.276 e. The molecular weight excluding hydrogens is 226 g/mol. The lowest BCUT2D eigenvalue weighted by atomic mass is 10.2. The molecule has 0 spiro atoms. The Kier molecular flexibility index (Phi) is 4.37. The van der Waals surface area contributed by atoms with Crippen molar-refractivity contribution in [3.63, 3.8) is 0 Å². The smallest absolute Gasteiger partial charge is 0.276 e. The van der Waals surface area contributed by atoms with Crippen molar-refractivity contribution in [3.05, 3.63) is 46.0 Å². The number of hydrogen-bond acceptors (Lipinski definition) is 4. The molecule has 0 radical (unpaired) electrons. The quantitative estimate of drug-likeness (QED) is 0.372. The van der Waals surface area contributed by atoms with Gasteiger partial charge in [-0.25, -0.2) is 0 Å². The summed E-state index contributed by atoms with van der Waals surface area (Å²) in [5.41, 5.74) is 1.42. The predicted molar refractivity (Wildman–Crippen MR) is 66.3 cm³/mol. The van der Waals surface area contributed by atoms with Gasteiger partial charge in [-0.1, -0.05) is 12.6 Å². The van der Waals surface area contributed by atoms with Gasteiger partial charge in [-0.2, -0.15) is 12.6 Å². The van der Waals surface area contributed by atoms with Gasteiger partial charge < -0.3 is 4.74 Å².